The fourth-order valence-electron chi connectivity index (χ4n) is 1.82. The van der Waals surface area contributed by atoms with Crippen LogP contribution in [0.1, 0.15) is 5.56 Å². The molecule has 0 aliphatic rings. The number of hydrogen-bond donors (Lipinski definition) is 1. The van der Waals surface area contributed by atoms with Crippen molar-refractivity contribution in [3.8, 4) is 0 Å². The maximum atomic E-state index is 11.0. The first-order chi connectivity index (χ1) is 9.54. The van der Waals surface area contributed by atoms with Gasteiger partial charge in [0.1, 0.15) is 6.54 Å². The van der Waals surface area contributed by atoms with Gasteiger partial charge in [-0.3, -0.25) is 9.78 Å². The molecule has 0 fully saturated rings. The van der Waals surface area contributed by atoms with Crippen molar-refractivity contribution in [3.63, 3.8) is 0 Å². The van der Waals surface area contributed by atoms with Crippen LogP contribution < -0.4 is 4.90 Å². The number of halogens is 2. The molecule has 2 rings (SSSR count). The van der Waals surface area contributed by atoms with Gasteiger partial charge in [0.2, 0.25) is 0 Å². The zero-order valence-electron chi connectivity index (χ0n) is 10.5. The molecule has 0 aliphatic carbocycles. The molecule has 0 unspecified atom stereocenters. The van der Waals surface area contributed by atoms with Crippen LogP contribution in [0.2, 0.25) is 5.02 Å². The summed E-state index contributed by atoms with van der Waals surface area (Å²) in [6.07, 6.45) is 3.41. The van der Waals surface area contributed by atoms with Crippen LogP contribution in [0.15, 0.2) is 47.2 Å². The Morgan fingerprint density at radius 1 is 1.30 bits per heavy atom. The Hall–Kier alpha value is -1.59. The molecule has 4 nitrogen and oxygen atoms in total. The molecule has 0 aliphatic heterocycles. The monoisotopic (exact) mass is 354 g/mol. The number of anilines is 1. The Morgan fingerprint density at radius 2 is 2.00 bits per heavy atom. The Balaban J connectivity index is 2.23. The van der Waals surface area contributed by atoms with E-state index in [2.05, 4.69) is 20.9 Å². The predicted molar refractivity (Wildman–Crippen MR) is 82.1 cm³/mol. The van der Waals surface area contributed by atoms with E-state index in [0.29, 0.717) is 11.6 Å². The highest BCUT2D eigenvalue weighted by atomic mass is 79.9. The zero-order valence-corrected chi connectivity index (χ0v) is 12.8. The summed E-state index contributed by atoms with van der Waals surface area (Å²) in [7, 11) is 0. The van der Waals surface area contributed by atoms with Crippen LogP contribution in [0.3, 0.4) is 0 Å². The van der Waals surface area contributed by atoms with Crippen LogP contribution in [0, 0.1) is 0 Å². The molecule has 0 bridgehead atoms. The van der Waals surface area contributed by atoms with E-state index < -0.39 is 5.97 Å². The van der Waals surface area contributed by atoms with E-state index in [4.69, 9.17) is 16.7 Å². The largest absolute Gasteiger partial charge is 0.480 e. The van der Waals surface area contributed by atoms with E-state index in [1.54, 1.807) is 41.6 Å². The second kappa shape index (κ2) is 6.72. The van der Waals surface area contributed by atoms with Gasteiger partial charge in [0, 0.05) is 34.1 Å². The molecule has 0 amide bonds. The number of pyridine rings is 1. The van der Waals surface area contributed by atoms with Gasteiger partial charge in [-0.1, -0.05) is 11.6 Å². The van der Waals surface area contributed by atoms with Crippen molar-refractivity contribution in [1.82, 2.24) is 4.98 Å². The van der Waals surface area contributed by atoms with Crippen LogP contribution in [0.25, 0.3) is 0 Å². The van der Waals surface area contributed by atoms with Gasteiger partial charge in [0.25, 0.3) is 0 Å². The number of benzene rings is 1. The highest BCUT2D eigenvalue weighted by molar-refractivity contribution is 9.10. The number of carbonyl (C=O) groups is 1. The molecule has 104 valence electrons. The Labute approximate surface area is 130 Å². The van der Waals surface area contributed by atoms with Gasteiger partial charge in [0.15, 0.2) is 0 Å². The summed E-state index contributed by atoms with van der Waals surface area (Å²) < 4.78 is 0.862. The highest BCUT2D eigenvalue weighted by Gasteiger charge is 2.12. The first kappa shape index (κ1) is 14.8. The third-order valence-corrected chi connectivity index (χ3v) is 3.34. The minimum Gasteiger partial charge on any atom is -0.480 e. The SMILES string of the molecule is O=C(O)CN(Cc1cncc(Br)c1)c1ccc(Cl)cc1. The molecule has 0 saturated carbocycles. The summed E-state index contributed by atoms with van der Waals surface area (Å²) in [5.74, 6) is -0.886. The highest BCUT2D eigenvalue weighted by Crippen LogP contribution is 2.20. The van der Waals surface area contributed by atoms with E-state index in [1.165, 1.54) is 0 Å². The fraction of sp³-hybridized carbons (Fsp3) is 0.143. The summed E-state index contributed by atoms with van der Waals surface area (Å²) >= 11 is 9.21. The number of carboxylic acids is 1. The van der Waals surface area contributed by atoms with Crippen LogP contribution in [-0.2, 0) is 11.3 Å². The van der Waals surface area contributed by atoms with Crippen molar-refractivity contribution in [3.05, 3.63) is 57.8 Å². The lowest BCUT2D eigenvalue weighted by molar-refractivity contribution is -0.135. The average molecular weight is 356 g/mol. The summed E-state index contributed by atoms with van der Waals surface area (Å²) in [4.78, 5) is 16.8. The van der Waals surface area contributed by atoms with Crippen molar-refractivity contribution in [1.29, 1.82) is 0 Å². The molecular formula is C14H12BrClN2O2. The smallest absolute Gasteiger partial charge is 0.323 e. The lowest BCUT2D eigenvalue weighted by Crippen LogP contribution is -2.29. The van der Waals surface area contributed by atoms with E-state index in [0.717, 1.165) is 15.7 Å². The first-order valence-electron chi connectivity index (χ1n) is 5.86. The van der Waals surface area contributed by atoms with Crippen molar-refractivity contribution >= 4 is 39.2 Å². The Kier molecular flexibility index (Phi) is 4.98. The van der Waals surface area contributed by atoms with E-state index in [-0.39, 0.29) is 6.54 Å². The van der Waals surface area contributed by atoms with Crippen LogP contribution in [-0.4, -0.2) is 22.6 Å². The van der Waals surface area contributed by atoms with Gasteiger partial charge in [0.05, 0.1) is 0 Å². The topological polar surface area (TPSA) is 53.4 Å². The van der Waals surface area contributed by atoms with E-state index in [1.807, 2.05) is 6.07 Å². The molecule has 1 N–H and O–H groups in total. The molecule has 0 spiro atoms. The summed E-state index contributed by atoms with van der Waals surface area (Å²) in [5.41, 5.74) is 1.73. The quantitative estimate of drug-likeness (QED) is 0.890. The number of rotatable bonds is 5. The van der Waals surface area contributed by atoms with Crippen molar-refractivity contribution < 1.29 is 9.90 Å². The standard InChI is InChI=1S/C14H12BrClN2O2/c15-11-5-10(6-17-7-11)8-18(9-14(19)20)13-3-1-12(16)2-4-13/h1-7H,8-9H2,(H,19,20). The number of aromatic nitrogens is 1. The molecule has 1 heterocycles. The Bertz CT molecular complexity index is 604. The molecule has 20 heavy (non-hydrogen) atoms. The van der Waals surface area contributed by atoms with E-state index in [9.17, 15) is 4.79 Å². The summed E-state index contributed by atoms with van der Waals surface area (Å²) in [6.45, 7) is 0.370. The van der Waals surface area contributed by atoms with Crippen LogP contribution >= 0.6 is 27.5 Å². The van der Waals surface area contributed by atoms with Gasteiger partial charge in [-0.2, -0.15) is 0 Å². The van der Waals surface area contributed by atoms with Crippen molar-refractivity contribution in [2.45, 2.75) is 6.54 Å². The first-order valence-corrected chi connectivity index (χ1v) is 7.03. The minimum atomic E-state index is -0.886. The second-order valence-electron chi connectivity index (χ2n) is 4.24. The molecule has 2 aromatic rings. The maximum Gasteiger partial charge on any atom is 0.323 e. The van der Waals surface area contributed by atoms with E-state index >= 15 is 0 Å². The molecule has 0 atom stereocenters. The van der Waals surface area contributed by atoms with Gasteiger partial charge < -0.3 is 10.0 Å². The minimum absolute atomic E-state index is 0.0891. The Morgan fingerprint density at radius 3 is 2.60 bits per heavy atom. The third-order valence-electron chi connectivity index (χ3n) is 2.65. The lowest BCUT2D eigenvalue weighted by Gasteiger charge is -2.23. The van der Waals surface area contributed by atoms with Gasteiger partial charge in [-0.15, -0.1) is 0 Å². The maximum absolute atomic E-state index is 11.0. The summed E-state index contributed by atoms with van der Waals surface area (Å²) in [5, 5.41) is 9.66. The molecule has 0 saturated heterocycles. The average Bonchev–Trinajstić information content (AvgIpc) is 2.38. The zero-order chi connectivity index (χ0) is 14.5. The normalized spacial score (nSPS) is 10.3. The van der Waals surface area contributed by atoms with Crippen molar-refractivity contribution in [2.75, 3.05) is 11.4 Å². The van der Waals surface area contributed by atoms with Gasteiger partial charge in [-0.25, -0.2) is 0 Å². The third kappa shape index (κ3) is 4.21. The predicted octanol–water partition coefficient (Wildman–Crippen LogP) is 3.59. The number of nitrogens with zero attached hydrogens (tertiary/aromatic N) is 2. The molecule has 1 aromatic carbocycles. The molecule has 6 heteroatoms. The number of aliphatic carboxylic acids is 1. The van der Waals surface area contributed by atoms with Crippen LogP contribution in [0.5, 0.6) is 0 Å². The lowest BCUT2D eigenvalue weighted by atomic mass is 10.2. The van der Waals surface area contributed by atoms with Gasteiger partial charge >= 0.3 is 5.97 Å². The number of hydrogen-bond acceptors (Lipinski definition) is 3. The molecule has 1 aromatic heterocycles. The number of carboxylic acid groups (broad SMARTS) is 1. The fourth-order valence-corrected chi connectivity index (χ4v) is 2.35. The second-order valence-corrected chi connectivity index (χ2v) is 5.59. The molecular weight excluding hydrogens is 344 g/mol. The van der Waals surface area contributed by atoms with Gasteiger partial charge in [-0.05, 0) is 51.8 Å². The molecule has 0 radical (unpaired) electrons. The van der Waals surface area contributed by atoms with Crippen LogP contribution in [0.4, 0.5) is 5.69 Å². The van der Waals surface area contributed by atoms with Crippen molar-refractivity contribution in [2.24, 2.45) is 0 Å². The summed E-state index contributed by atoms with van der Waals surface area (Å²) in [6, 6.07) is 9.00.